The summed E-state index contributed by atoms with van der Waals surface area (Å²) in [6, 6.07) is 10.2. The molecule has 1 fully saturated rings. The van der Waals surface area contributed by atoms with Crippen LogP contribution in [0.3, 0.4) is 0 Å². The largest absolute Gasteiger partial charge is 0.435 e. The Labute approximate surface area is 166 Å². The third kappa shape index (κ3) is 4.20. The first kappa shape index (κ1) is 19.7. The minimum Gasteiger partial charge on any atom is -0.379 e. The molecule has 0 aliphatic carbocycles. The topological polar surface area (TPSA) is 54.7 Å². The molecule has 0 saturated carbocycles. The summed E-state index contributed by atoms with van der Waals surface area (Å²) in [6.45, 7) is 6.23. The van der Waals surface area contributed by atoms with Crippen LogP contribution in [0.4, 0.5) is 19.0 Å². The van der Waals surface area contributed by atoms with Crippen molar-refractivity contribution in [3.8, 4) is 11.1 Å². The van der Waals surface area contributed by atoms with E-state index in [2.05, 4.69) is 20.3 Å². The lowest BCUT2D eigenvalue weighted by molar-refractivity contribution is -0.140. The van der Waals surface area contributed by atoms with Crippen LogP contribution in [0.2, 0.25) is 0 Å². The van der Waals surface area contributed by atoms with E-state index >= 15 is 0 Å². The van der Waals surface area contributed by atoms with E-state index in [-0.39, 0.29) is 11.2 Å². The molecular weight excluding hydrogens is 383 g/mol. The maximum atomic E-state index is 13.8. The fourth-order valence-electron chi connectivity index (χ4n) is 3.50. The average molecular weight is 405 g/mol. The number of alkyl halides is 3. The van der Waals surface area contributed by atoms with Gasteiger partial charge in [0, 0.05) is 37.9 Å². The SMILES string of the molecule is Cc1cc(NCCN2CCOCC2)n2nc(C(F)(F)F)c(-c3ccccc3)c2n1. The van der Waals surface area contributed by atoms with Crippen LogP contribution in [-0.2, 0) is 10.9 Å². The van der Waals surface area contributed by atoms with Crippen LogP contribution in [0.5, 0.6) is 0 Å². The Hall–Kier alpha value is -2.65. The fraction of sp³-hybridized carbons (Fsp3) is 0.400. The van der Waals surface area contributed by atoms with Gasteiger partial charge in [0.05, 0.1) is 18.8 Å². The van der Waals surface area contributed by atoms with Crippen molar-refractivity contribution in [3.63, 3.8) is 0 Å². The zero-order valence-corrected chi connectivity index (χ0v) is 16.0. The van der Waals surface area contributed by atoms with Gasteiger partial charge in [-0.1, -0.05) is 30.3 Å². The Kier molecular flexibility index (Phi) is 5.42. The highest BCUT2D eigenvalue weighted by Gasteiger charge is 2.39. The molecule has 0 bridgehead atoms. The van der Waals surface area contributed by atoms with E-state index in [1.807, 2.05) is 0 Å². The molecule has 3 heterocycles. The second-order valence-corrected chi connectivity index (χ2v) is 6.99. The number of anilines is 1. The molecule has 1 aliphatic rings. The van der Waals surface area contributed by atoms with Crippen molar-refractivity contribution in [1.29, 1.82) is 0 Å². The smallest absolute Gasteiger partial charge is 0.379 e. The van der Waals surface area contributed by atoms with Gasteiger partial charge >= 0.3 is 6.18 Å². The number of ether oxygens (including phenoxy) is 1. The molecule has 1 aliphatic heterocycles. The lowest BCUT2D eigenvalue weighted by atomic mass is 10.1. The van der Waals surface area contributed by atoms with Crippen LogP contribution in [0, 0.1) is 6.92 Å². The first-order chi connectivity index (χ1) is 13.9. The van der Waals surface area contributed by atoms with Gasteiger partial charge in [0.15, 0.2) is 11.3 Å². The van der Waals surface area contributed by atoms with Gasteiger partial charge in [0.25, 0.3) is 0 Å². The highest BCUT2D eigenvalue weighted by molar-refractivity contribution is 5.81. The minimum atomic E-state index is -4.59. The number of benzene rings is 1. The van der Waals surface area contributed by atoms with Gasteiger partial charge in [-0.05, 0) is 12.5 Å². The molecule has 0 atom stereocenters. The van der Waals surface area contributed by atoms with Gasteiger partial charge in [0.2, 0.25) is 0 Å². The quantitative estimate of drug-likeness (QED) is 0.705. The van der Waals surface area contributed by atoms with Crippen LogP contribution in [0.1, 0.15) is 11.4 Å². The number of nitrogens with one attached hydrogen (secondary N) is 1. The predicted octanol–water partition coefficient (Wildman–Crippen LogP) is 3.47. The summed E-state index contributed by atoms with van der Waals surface area (Å²) in [5, 5.41) is 7.13. The van der Waals surface area contributed by atoms with Crippen LogP contribution in [-0.4, -0.2) is 58.9 Å². The van der Waals surface area contributed by atoms with Gasteiger partial charge in [-0.15, -0.1) is 0 Å². The van der Waals surface area contributed by atoms with Crippen molar-refractivity contribution in [2.24, 2.45) is 0 Å². The van der Waals surface area contributed by atoms with E-state index < -0.39 is 11.9 Å². The third-order valence-electron chi connectivity index (χ3n) is 4.89. The highest BCUT2D eigenvalue weighted by atomic mass is 19.4. The van der Waals surface area contributed by atoms with Gasteiger partial charge in [0.1, 0.15) is 5.82 Å². The molecular formula is C20H22F3N5O. The Balaban J connectivity index is 1.71. The molecule has 0 spiro atoms. The maximum absolute atomic E-state index is 13.8. The van der Waals surface area contributed by atoms with Crippen LogP contribution in [0.25, 0.3) is 16.8 Å². The van der Waals surface area contributed by atoms with Crippen LogP contribution >= 0.6 is 0 Å². The van der Waals surface area contributed by atoms with Gasteiger partial charge < -0.3 is 10.1 Å². The van der Waals surface area contributed by atoms with E-state index in [4.69, 9.17) is 4.74 Å². The summed E-state index contributed by atoms with van der Waals surface area (Å²) in [6.07, 6.45) is -4.59. The lowest BCUT2D eigenvalue weighted by Gasteiger charge is -2.26. The molecule has 0 radical (unpaired) electrons. The Morgan fingerprint density at radius 2 is 1.86 bits per heavy atom. The van der Waals surface area contributed by atoms with Crippen LogP contribution < -0.4 is 5.32 Å². The highest BCUT2D eigenvalue weighted by Crippen LogP contribution is 2.39. The summed E-state index contributed by atoms with van der Waals surface area (Å²) in [5.41, 5.74) is 0.317. The molecule has 4 rings (SSSR count). The number of aromatic nitrogens is 3. The number of halogens is 3. The van der Waals surface area contributed by atoms with Gasteiger partial charge in [-0.2, -0.15) is 22.8 Å². The van der Waals surface area contributed by atoms with Crippen molar-refractivity contribution in [3.05, 3.63) is 47.8 Å². The zero-order valence-electron chi connectivity index (χ0n) is 16.0. The fourth-order valence-corrected chi connectivity index (χ4v) is 3.50. The van der Waals surface area contributed by atoms with Crippen LogP contribution in [0.15, 0.2) is 36.4 Å². The number of fused-ring (bicyclic) bond motifs is 1. The summed E-state index contributed by atoms with van der Waals surface area (Å²) in [7, 11) is 0. The number of rotatable bonds is 5. The molecule has 1 N–H and O–H groups in total. The first-order valence-corrected chi connectivity index (χ1v) is 9.50. The molecule has 6 nitrogen and oxygen atoms in total. The molecule has 0 amide bonds. The van der Waals surface area contributed by atoms with Crippen molar-refractivity contribution >= 4 is 11.5 Å². The standard InChI is InChI=1S/C20H22F3N5O/c1-14-13-16(24-7-8-27-9-11-29-12-10-27)28-19(25-14)17(15-5-3-2-4-6-15)18(26-28)20(21,22)23/h2-6,13,24H,7-12H2,1H3. The molecule has 29 heavy (non-hydrogen) atoms. The van der Waals surface area contributed by atoms with E-state index in [0.717, 1.165) is 19.6 Å². The van der Waals surface area contributed by atoms with E-state index in [0.29, 0.717) is 36.8 Å². The number of nitrogens with zero attached hydrogens (tertiary/aromatic N) is 4. The number of hydrogen-bond acceptors (Lipinski definition) is 5. The summed E-state index contributed by atoms with van der Waals surface area (Å²) in [5.74, 6) is 0.494. The van der Waals surface area contributed by atoms with E-state index in [1.165, 1.54) is 4.52 Å². The molecule has 9 heteroatoms. The second kappa shape index (κ2) is 8.00. The Bertz CT molecular complexity index is 981. The predicted molar refractivity (Wildman–Crippen MR) is 104 cm³/mol. The van der Waals surface area contributed by atoms with E-state index in [9.17, 15) is 13.2 Å². The van der Waals surface area contributed by atoms with Gasteiger partial charge in [-0.25, -0.2) is 4.98 Å². The molecule has 0 unspecified atom stereocenters. The average Bonchev–Trinajstić information content (AvgIpc) is 3.09. The maximum Gasteiger partial charge on any atom is 0.435 e. The summed E-state index contributed by atoms with van der Waals surface area (Å²) in [4.78, 5) is 6.63. The second-order valence-electron chi connectivity index (χ2n) is 6.99. The summed E-state index contributed by atoms with van der Waals surface area (Å²) >= 11 is 0. The monoisotopic (exact) mass is 405 g/mol. The number of hydrogen-bond donors (Lipinski definition) is 1. The van der Waals surface area contributed by atoms with Crippen molar-refractivity contribution in [1.82, 2.24) is 19.5 Å². The molecule has 1 aromatic carbocycles. The molecule has 1 saturated heterocycles. The first-order valence-electron chi connectivity index (χ1n) is 9.50. The normalized spacial score (nSPS) is 15.7. The lowest BCUT2D eigenvalue weighted by Crippen LogP contribution is -2.39. The molecule has 154 valence electrons. The van der Waals surface area contributed by atoms with Crippen molar-refractivity contribution in [2.75, 3.05) is 44.7 Å². The van der Waals surface area contributed by atoms with Crippen molar-refractivity contribution < 1.29 is 17.9 Å². The molecule has 3 aromatic rings. The number of aryl methyl sites for hydroxylation is 1. The Morgan fingerprint density at radius 1 is 1.14 bits per heavy atom. The van der Waals surface area contributed by atoms with Gasteiger partial charge in [-0.3, -0.25) is 4.90 Å². The minimum absolute atomic E-state index is 0.00182. The van der Waals surface area contributed by atoms with E-state index in [1.54, 1.807) is 43.3 Å². The number of morpholine rings is 1. The Morgan fingerprint density at radius 3 is 2.55 bits per heavy atom. The zero-order chi connectivity index (χ0) is 20.4. The molecule has 2 aromatic heterocycles. The summed E-state index contributed by atoms with van der Waals surface area (Å²) < 4.78 is 47.9. The third-order valence-corrected chi connectivity index (χ3v) is 4.89. The van der Waals surface area contributed by atoms with Crippen molar-refractivity contribution in [2.45, 2.75) is 13.1 Å².